The lowest BCUT2D eigenvalue weighted by molar-refractivity contribution is -0.131. The maximum atomic E-state index is 12.8. The van der Waals surface area contributed by atoms with Gasteiger partial charge in [-0.25, -0.2) is 0 Å². The lowest BCUT2D eigenvalue weighted by Gasteiger charge is -2.41. The molecule has 26 heavy (non-hydrogen) atoms. The number of nitrogens with one attached hydrogen (secondary N) is 2. The molecule has 0 aromatic heterocycles. The van der Waals surface area contributed by atoms with Crippen molar-refractivity contribution in [2.75, 3.05) is 12.0 Å². The minimum atomic E-state index is -0.980. The van der Waals surface area contributed by atoms with E-state index in [2.05, 4.69) is 10.6 Å². The topological polar surface area (TPSA) is 94.1 Å². The number of rotatable bonds is 4. The van der Waals surface area contributed by atoms with Crippen molar-refractivity contribution in [2.45, 2.75) is 49.6 Å². The summed E-state index contributed by atoms with van der Waals surface area (Å²) >= 11 is 5.49. The van der Waals surface area contributed by atoms with Gasteiger partial charge in [-0.2, -0.15) is 0 Å². The van der Waals surface area contributed by atoms with Crippen LogP contribution >= 0.6 is 12.2 Å². The van der Waals surface area contributed by atoms with Gasteiger partial charge in [-0.3, -0.25) is 4.79 Å². The van der Waals surface area contributed by atoms with Gasteiger partial charge in [0.25, 0.3) is 0 Å². The molecule has 2 saturated carbocycles. The fraction of sp³-hybridized carbons (Fsp3) is 0.556. The van der Waals surface area contributed by atoms with Crippen molar-refractivity contribution in [3.05, 3.63) is 24.3 Å². The van der Waals surface area contributed by atoms with E-state index in [0.717, 1.165) is 24.3 Å². The summed E-state index contributed by atoms with van der Waals surface area (Å²) < 4.78 is 5.20. The number of aliphatic hydroxyl groups is 2. The van der Waals surface area contributed by atoms with E-state index in [1.54, 1.807) is 7.11 Å². The highest BCUT2D eigenvalue weighted by Gasteiger charge is 2.54. The van der Waals surface area contributed by atoms with Crippen LogP contribution in [0.4, 0.5) is 5.69 Å². The van der Waals surface area contributed by atoms with Crippen molar-refractivity contribution >= 4 is 28.9 Å². The molecule has 1 aromatic rings. The Kier molecular flexibility index (Phi) is 4.50. The minimum Gasteiger partial charge on any atom is -0.497 e. The van der Waals surface area contributed by atoms with Crippen LogP contribution in [0.15, 0.2) is 24.3 Å². The van der Waals surface area contributed by atoms with E-state index in [9.17, 15) is 15.0 Å². The van der Waals surface area contributed by atoms with Crippen LogP contribution in [0.5, 0.6) is 5.75 Å². The Balaban J connectivity index is 1.66. The zero-order valence-electron chi connectivity index (χ0n) is 14.5. The van der Waals surface area contributed by atoms with Gasteiger partial charge < -0.3 is 30.5 Å². The summed E-state index contributed by atoms with van der Waals surface area (Å²) in [6, 6.07) is 6.81. The average molecular weight is 377 g/mol. The first-order valence-corrected chi connectivity index (χ1v) is 9.30. The number of anilines is 1. The maximum Gasteiger partial charge on any atom is 0.225 e. The maximum absolute atomic E-state index is 12.8. The Hall–Kier alpha value is -1.90. The molecule has 3 fully saturated rings. The quantitative estimate of drug-likeness (QED) is 0.555. The van der Waals surface area contributed by atoms with Crippen LogP contribution in [0.25, 0.3) is 0 Å². The molecular weight excluding hydrogens is 354 g/mol. The van der Waals surface area contributed by atoms with E-state index in [1.165, 1.54) is 0 Å². The molecule has 0 radical (unpaired) electrons. The Bertz CT molecular complexity index is 709. The molecule has 2 aliphatic carbocycles. The van der Waals surface area contributed by atoms with E-state index < -0.39 is 24.2 Å². The number of methoxy groups -OCH3 is 1. The molecule has 1 aromatic carbocycles. The number of hydrogen-bond donors (Lipinski definition) is 4. The average Bonchev–Trinajstić information content (AvgIpc) is 3.38. The van der Waals surface area contributed by atoms with Crippen molar-refractivity contribution < 1.29 is 19.7 Å². The molecule has 140 valence electrons. The van der Waals surface area contributed by atoms with Gasteiger partial charge in [-0.15, -0.1) is 0 Å². The summed E-state index contributed by atoms with van der Waals surface area (Å²) in [7, 11) is 1.60. The highest BCUT2D eigenvalue weighted by molar-refractivity contribution is 7.80. The van der Waals surface area contributed by atoms with E-state index in [4.69, 9.17) is 17.0 Å². The highest BCUT2D eigenvalue weighted by atomic mass is 32.1. The summed E-state index contributed by atoms with van der Waals surface area (Å²) in [4.78, 5) is 14.7. The van der Waals surface area contributed by atoms with Crippen LogP contribution in [-0.2, 0) is 4.79 Å². The molecular formula is C18H23N3O4S. The second-order valence-electron chi connectivity index (χ2n) is 7.22. The Morgan fingerprint density at radius 1 is 1.31 bits per heavy atom. The van der Waals surface area contributed by atoms with Gasteiger partial charge in [-0.1, -0.05) is 0 Å². The molecule has 7 nitrogen and oxygen atoms in total. The number of amides is 1. The molecule has 1 amide bonds. The van der Waals surface area contributed by atoms with Gasteiger partial charge >= 0.3 is 0 Å². The van der Waals surface area contributed by atoms with Gasteiger partial charge in [0.15, 0.2) is 5.11 Å². The number of nitrogens with zero attached hydrogens (tertiary/aromatic N) is 1. The van der Waals surface area contributed by atoms with Crippen molar-refractivity contribution in [3.8, 4) is 5.75 Å². The van der Waals surface area contributed by atoms with Crippen LogP contribution < -0.4 is 20.3 Å². The van der Waals surface area contributed by atoms with Crippen LogP contribution in [0.2, 0.25) is 0 Å². The number of aliphatic hydroxyl groups excluding tert-OH is 2. The molecule has 4 N–H and O–H groups in total. The zero-order valence-corrected chi connectivity index (χ0v) is 15.3. The van der Waals surface area contributed by atoms with Gasteiger partial charge in [0.2, 0.25) is 5.91 Å². The summed E-state index contributed by atoms with van der Waals surface area (Å²) in [6.45, 7) is 0. The lowest BCUT2D eigenvalue weighted by Crippen LogP contribution is -2.61. The number of fused-ring (bicyclic) bond motifs is 1. The summed E-state index contributed by atoms with van der Waals surface area (Å²) in [6.07, 6.45) is 0.258. The predicted octanol–water partition coefficient (Wildman–Crippen LogP) is 0.147. The van der Waals surface area contributed by atoms with Crippen molar-refractivity contribution in [1.29, 1.82) is 0 Å². The highest BCUT2D eigenvalue weighted by Crippen LogP contribution is 2.37. The Morgan fingerprint density at radius 3 is 2.62 bits per heavy atom. The second-order valence-corrected chi connectivity index (χ2v) is 7.60. The number of ether oxygens (including phenoxy) is 1. The third-order valence-corrected chi connectivity index (χ3v) is 5.77. The number of benzene rings is 1. The largest absolute Gasteiger partial charge is 0.497 e. The van der Waals surface area contributed by atoms with E-state index in [-0.39, 0.29) is 24.4 Å². The number of carbonyl (C=O) groups is 1. The Labute approximate surface area is 157 Å². The van der Waals surface area contributed by atoms with Gasteiger partial charge in [0.1, 0.15) is 11.9 Å². The van der Waals surface area contributed by atoms with Crippen LogP contribution in [-0.4, -0.2) is 58.7 Å². The molecule has 1 aliphatic heterocycles. The molecule has 8 heteroatoms. The number of hydrogen-bond acceptors (Lipinski definition) is 5. The van der Waals surface area contributed by atoms with E-state index in [1.807, 2.05) is 29.2 Å². The summed E-state index contributed by atoms with van der Waals surface area (Å²) in [5.41, 5.74) is 0.823. The van der Waals surface area contributed by atoms with Gasteiger partial charge in [-0.05, 0) is 55.7 Å². The van der Waals surface area contributed by atoms with Crippen molar-refractivity contribution in [2.24, 2.45) is 5.92 Å². The third-order valence-electron chi connectivity index (χ3n) is 5.46. The molecule has 3 aliphatic rings. The number of carbonyl (C=O) groups excluding carboxylic acids is 1. The lowest BCUT2D eigenvalue weighted by atomic mass is 9.77. The first-order chi connectivity index (χ1) is 12.5. The van der Waals surface area contributed by atoms with Crippen molar-refractivity contribution in [1.82, 2.24) is 10.6 Å². The van der Waals surface area contributed by atoms with Crippen LogP contribution in [0.3, 0.4) is 0 Å². The standard InChI is InChI=1S/C18H23N3O4S/c1-25-11-6-4-10(5-7-11)21-15-12(17(24)19-9-2-3-9)8-13(22)16(23)14(15)20-18(21)26/h4-7,9,12-16,22-23H,2-3,8H2,1H3,(H,19,24)(H,20,26). The van der Waals surface area contributed by atoms with E-state index in [0.29, 0.717) is 5.11 Å². The molecule has 0 spiro atoms. The SMILES string of the molecule is COc1ccc(N2C(=S)NC3C(O)C(O)CC(C(=O)NC4CC4)C32)cc1. The second kappa shape index (κ2) is 6.68. The molecule has 1 saturated heterocycles. The van der Waals surface area contributed by atoms with Gasteiger partial charge in [0, 0.05) is 11.7 Å². The molecule has 0 bridgehead atoms. The predicted molar refractivity (Wildman–Crippen MR) is 100 cm³/mol. The first kappa shape index (κ1) is 17.5. The summed E-state index contributed by atoms with van der Waals surface area (Å²) in [5.74, 6) is 0.179. The summed E-state index contributed by atoms with van der Waals surface area (Å²) in [5, 5.41) is 27.3. The molecule has 5 unspecified atom stereocenters. The number of thiocarbonyl (C=S) groups is 1. The Morgan fingerprint density at radius 2 is 2.00 bits per heavy atom. The van der Waals surface area contributed by atoms with Crippen LogP contribution in [0.1, 0.15) is 19.3 Å². The zero-order chi connectivity index (χ0) is 18.4. The van der Waals surface area contributed by atoms with Gasteiger partial charge in [0.05, 0.1) is 31.2 Å². The molecule has 4 rings (SSSR count). The van der Waals surface area contributed by atoms with Crippen LogP contribution in [0, 0.1) is 5.92 Å². The fourth-order valence-electron chi connectivity index (χ4n) is 3.92. The van der Waals surface area contributed by atoms with E-state index >= 15 is 0 Å². The van der Waals surface area contributed by atoms with Crippen molar-refractivity contribution in [3.63, 3.8) is 0 Å². The smallest absolute Gasteiger partial charge is 0.225 e. The minimum absolute atomic E-state index is 0.0848. The molecule has 5 atom stereocenters. The molecule has 1 heterocycles. The fourth-order valence-corrected chi connectivity index (χ4v) is 4.28. The normalized spacial score (nSPS) is 33.4. The monoisotopic (exact) mass is 377 g/mol. The third kappa shape index (κ3) is 3.02. The first-order valence-electron chi connectivity index (χ1n) is 8.90.